The fourth-order valence-electron chi connectivity index (χ4n) is 2.41. The number of carbonyl (C=O) groups is 1. The van der Waals surface area contributed by atoms with E-state index < -0.39 is 11.8 Å². The summed E-state index contributed by atoms with van der Waals surface area (Å²) in [6, 6.07) is 11.2. The molecule has 0 fully saturated rings. The van der Waals surface area contributed by atoms with Gasteiger partial charge in [-0.1, -0.05) is 24.8 Å². The first-order valence-corrected chi connectivity index (χ1v) is 8.20. The molecule has 0 N–H and O–H groups in total. The fraction of sp³-hybridized carbons (Fsp3) is 0.143. The number of halogens is 1. The van der Waals surface area contributed by atoms with E-state index in [1.807, 2.05) is 6.92 Å². The number of carbonyl (C=O) groups excluding carboxylic acids is 1. The van der Waals surface area contributed by atoms with Crippen molar-refractivity contribution in [1.29, 1.82) is 0 Å². The molecule has 1 aliphatic heterocycles. The number of ether oxygens (including phenoxy) is 3. The zero-order chi connectivity index (χ0) is 19.4. The maximum absolute atomic E-state index is 13.9. The number of rotatable bonds is 6. The monoisotopic (exact) mass is 367 g/mol. The average molecular weight is 367 g/mol. The summed E-state index contributed by atoms with van der Waals surface area (Å²) in [5, 5.41) is 0. The van der Waals surface area contributed by atoms with Crippen LogP contribution in [0.15, 0.2) is 65.3 Å². The van der Waals surface area contributed by atoms with Crippen molar-refractivity contribution in [2.24, 2.45) is 4.99 Å². The van der Waals surface area contributed by atoms with Crippen molar-refractivity contribution in [3.63, 3.8) is 0 Å². The van der Waals surface area contributed by atoms with E-state index in [1.165, 1.54) is 12.1 Å². The highest BCUT2D eigenvalue weighted by Gasteiger charge is 2.26. The Balaban J connectivity index is 1.91. The Kier molecular flexibility index (Phi) is 5.35. The molecule has 0 saturated carbocycles. The van der Waals surface area contributed by atoms with E-state index >= 15 is 0 Å². The van der Waals surface area contributed by atoms with Crippen molar-refractivity contribution < 1.29 is 23.4 Å². The van der Waals surface area contributed by atoms with Crippen LogP contribution in [0.3, 0.4) is 0 Å². The largest absolute Gasteiger partial charge is 0.493 e. The van der Waals surface area contributed by atoms with Gasteiger partial charge in [0.25, 0.3) is 0 Å². The van der Waals surface area contributed by atoms with Crippen LogP contribution in [0.25, 0.3) is 6.08 Å². The SMILES string of the molecule is C=C(C)COc1cc(C=C2N=C(c3ccccc3F)OC2=O)ccc1OC. The summed E-state index contributed by atoms with van der Waals surface area (Å²) in [6.45, 7) is 5.99. The van der Waals surface area contributed by atoms with Crippen molar-refractivity contribution in [2.45, 2.75) is 6.92 Å². The molecule has 0 saturated heterocycles. The summed E-state index contributed by atoms with van der Waals surface area (Å²) < 4.78 is 29.9. The average Bonchev–Trinajstić information content (AvgIpc) is 3.00. The molecule has 27 heavy (non-hydrogen) atoms. The third-order valence-corrected chi connectivity index (χ3v) is 3.69. The van der Waals surface area contributed by atoms with E-state index in [0.29, 0.717) is 23.7 Å². The molecule has 0 aliphatic carbocycles. The zero-order valence-corrected chi connectivity index (χ0v) is 15.0. The van der Waals surface area contributed by atoms with Gasteiger partial charge in [-0.25, -0.2) is 14.2 Å². The van der Waals surface area contributed by atoms with Gasteiger partial charge in [0, 0.05) is 0 Å². The molecule has 0 spiro atoms. The predicted molar refractivity (Wildman–Crippen MR) is 100 cm³/mol. The Labute approximate surface area is 156 Å². The summed E-state index contributed by atoms with van der Waals surface area (Å²) in [5.41, 5.74) is 1.73. The van der Waals surface area contributed by atoms with Gasteiger partial charge in [-0.3, -0.25) is 0 Å². The molecular weight excluding hydrogens is 349 g/mol. The Bertz CT molecular complexity index is 962. The Hall–Kier alpha value is -3.41. The lowest BCUT2D eigenvalue weighted by atomic mass is 10.1. The number of nitrogens with zero attached hydrogens (tertiary/aromatic N) is 1. The number of hydrogen-bond donors (Lipinski definition) is 0. The third kappa shape index (κ3) is 4.23. The molecule has 5 nitrogen and oxygen atoms in total. The molecule has 6 heteroatoms. The molecular formula is C21H18FNO4. The zero-order valence-electron chi connectivity index (χ0n) is 15.0. The second kappa shape index (κ2) is 7.86. The lowest BCUT2D eigenvalue weighted by Crippen LogP contribution is -2.07. The predicted octanol–water partition coefficient (Wildman–Crippen LogP) is 4.13. The molecule has 138 valence electrons. The maximum atomic E-state index is 13.9. The molecule has 0 bridgehead atoms. The summed E-state index contributed by atoms with van der Waals surface area (Å²) in [4.78, 5) is 16.2. The minimum atomic E-state index is -0.645. The first kappa shape index (κ1) is 18.4. The van der Waals surface area contributed by atoms with E-state index in [9.17, 15) is 9.18 Å². The molecule has 2 aromatic rings. The first-order valence-electron chi connectivity index (χ1n) is 8.20. The van der Waals surface area contributed by atoms with Crippen LogP contribution in [0, 0.1) is 5.82 Å². The van der Waals surface area contributed by atoms with Gasteiger partial charge in [-0.2, -0.15) is 0 Å². The van der Waals surface area contributed by atoms with Gasteiger partial charge in [-0.05, 0) is 48.4 Å². The topological polar surface area (TPSA) is 57.1 Å². The second-order valence-corrected chi connectivity index (χ2v) is 5.97. The van der Waals surface area contributed by atoms with Gasteiger partial charge in [0.15, 0.2) is 17.2 Å². The number of methoxy groups -OCH3 is 1. The molecule has 0 amide bonds. The van der Waals surface area contributed by atoms with Crippen LogP contribution in [0.1, 0.15) is 18.1 Å². The standard InChI is InChI=1S/C21H18FNO4/c1-13(2)12-26-19-11-14(8-9-18(19)25-3)10-17-21(24)27-20(23-17)15-6-4-5-7-16(15)22/h4-11H,1,12H2,2-3H3. The van der Waals surface area contributed by atoms with Gasteiger partial charge in [0.2, 0.25) is 5.90 Å². The molecule has 1 heterocycles. The molecule has 0 aromatic heterocycles. The highest BCUT2D eigenvalue weighted by Crippen LogP contribution is 2.30. The first-order chi connectivity index (χ1) is 13.0. The van der Waals surface area contributed by atoms with Gasteiger partial charge < -0.3 is 14.2 Å². The fourth-order valence-corrected chi connectivity index (χ4v) is 2.41. The van der Waals surface area contributed by atoms with Gasteiger partial charge in [0.05, 0.1) is 12.7 Å². The molecule has 3 rings (SSSR count). The summed E-state index contributed by atoms with van der Waals surface area (Å²) in [6.07, 6.45) is 1.54. The number of esters is 1. The van der Waals surface area contributed by atoms with E-state index in [1.54, 1.807) is 43.5 Å². The lowest BCUT2D eigenvalue weighted by molar-refractivity contribution is -0.129. The Morgan fingerprint density at radius 2 is 2.04 bits per heavy atom. The van der Waals surface area contributed by atoms with Crippen LogP contribution in [-0.4, -0.2) is 25.6 Å². The van der Waals surface area contributed by atoms with E-state index in [-0.39, 0.29) is 17.2 Å². The van der Waals surface area contributed by atoms with Gasteiger partial charge in [0.1, 0.15) is 12.4 Å². The van der Waals surface area contributed by atoms with Crippen LogP contribution >= 0.6 is 0 Å². The smallest absolute Gasteiger partial charge is 0.363 e. The van der Waals surface area contributed by atoms with Gasteiger partial charge in [-0.15, -0.1) is 0 Å². The molecule has 1 aliphatic rings. The summed E-state index contributed by atoms with van der Waals surface area (Å²) in [5.74, 6) is -0.141. The number of hydrogen-bond acceptors (Lipinski definition) is 5. The quantitative estimate of drug-likeness (QED) is 0.438. The Morgan fingerprint density at radius 1 is 1.26 bits per heavy atom. The normalized spacial score (nSPS) is 14.7. The van der Waals surface area contributed by atoms with E-state index in [4.69, 9.17) is 14.2 Å². The van der Waals surface area contributed by atoms with Crippen molar-refractivity contribution in [1.82, 2.24) is 0 Å². The highest BCUT2D eigenvalue weighted by atomic mass is 19.1. The molecule has 2 aromatic carbocycles. The van der Waals surface area contributed by atoms with E-state index in [0.717, 1.165) is 5.57 Å². The van der Waals surface area contributed by atoms with Crippen molar-refractivity contribution >= 4 is 17.9 Å². The Morgan fingerprint density at radius 3 is 2.74 bits per heavy atom. The molecule has 0 radical (unpaired) electrons. The molecule has 0 unspecified atom stereocenters. The van der Waals surface area contributed by atoms with Crippen LogP contribution in [0.2, 0.25) is 0 Å². The minimum Gasteiger partial charge on any atom is -0.493 e. The summed E-state index contributed by atoms with van der Waals surface area (Å²) >= 11 is 0. The van der Waals surface area contributed by atoms with Crippen molar-refractivity contribution in [2.75, 3.05) is 13.7 Å². The second-order valence-electron chi connectivity index (χ2n) is 5.97. The number of benzene rings is 2. The minimum absolute atomic E-state index is 0.0587. The van der Waals surface area contributed by atoms with Crippen LogP contribution < -0.4 is 9.47 Å². The van der Waals surface area contributed by atoms with Gasteiger partial charge >= 0.3 is 5.97 Å². The van der Waals surface area contributed by atoms with Crippen LogP contribution in [0.5, 0.6) is 11.5 Å². The highest BCUT2D eigenvalue weighted by molar-refractivity contribution is 6.12. The molecule has 0 atom stereocenters. The van der Waals surface area contributed by atoms with Crippen molar-refractivity contribution in [3.8, 4) is 11.5 Å². The van der Waals surface area contributed by atoms with Crippen LogP contribution in [0.4, 0.5) is 4.39 Å². The number of aliphatic imine (C=N–C) groups is 1. The maximum Gasteiger partial charge on any atom is 0.363 e. The third-order valence-electron chi connectivity index (χ3n) is 3.69. The van der Waals surface area contributed by atoms with E-state index in [2.05, 4.69) is 11.6 Å². The lowest BCUT2D eigenvalue weighted by Gasteiger charge is -2.11. The van der Waals surface area contributed by atoms with Crippen LogP contribution in [-0.2, 0) is 9.53 Å². The number of cyclic esters (lactones) is 1. The van der Waals surface area contributed by atoms with Crippen molar-refractivity contribution in [3.05, 3.63) is 77.3 Å². The summed E-state index contributed by atoms with van der Waals surface area (Å²) in [7, 11) is 1.54.